The number of carbonyl (C=O) groups is 1. The smallest absolute Gasteiger partial charge is 0.410 e. The number of aryl methyl sites for hydroxylation is 1. The van der Waals surface area contributed by atoms with Crippen molar-refractivity contribution in [3.63, 3.8) is 0 Å². The number of piperidine rings is 1. The lowest BCUT2D eigenvalue weighted by molar-refractivity contribution is -0.0740. The molecule has 3 aliphatic rings. The fourth-order valence-corrected chi connectivity index (χ4v) is 10.3. The first-order chi connectivity index (χ1) is 25.3. The van der Waals surface area contributed by atoms with Crippen LogP contribution in [0.3, 0.4) is 0 Å². The molecule has 53 heavy (non-hydrogen) atoms. The van der Waals surface area contributed by atoms with E-state index in [1.54, 1.807) is 46.1 Å². The fraction of sp³-hybridized carbons (Fsp3) is 0.400. The van der Waals surface area contributed by atoms with Crippen molar-refractivity contribution in [3.05, 3.63) is 84.8 Å². The molecule has 0 saturated carbocycles. The van der Waals surface area contributed by atoms with E-state index in [9.17, 15) is 18.5 Å². The molecule has 8 rings (SSSR count). The van der Waals surface area contributed by atoms with Crippen LogP contribution in [0.25, 0.3) is 33.4 Å². The Kier molecular flexibility index (Phi) is 8.19. The first kappa shape index (κ1) is 34.9. The molecule has 274 valence electrons. The minimum absolute atomic E-state index is 0.174. The van der Waals surface area contributed by atoms with E-state index in [-0.39, 0.29) is 16.4 Å². The highest BCUT2D eigenvalue weighted by Gasteiger charge is 2.54. The van der Waals surface area contributed by atoms with Crippen molar-refractivity contribution < 1.29 is 17.9 Å². The van der Waals surface area contributed by atoms with Gasteiger partial charge in [-0.2, -0.15) is 10.4 Å². The Morgan fingerprint density at radius 1 is 0.943 bits per heavy atom. The van der Waals surface area contributed by atoms with Gasteiger partial charge in [0.2, 0.25) is 0 Å². The SMILES string of the molecule is CN1CC2(CCN(C3(CC#N)CN(C(=O)OC(C)(C)C)C3)CC2)c2c1cnc1c2c(-c2ccccc2)c(-c2cnn(C)c2)n1S(=O)(=O)c1ccccc1. The number of pyridine rings is 1. The van der Waals surface area contributed by atoms with Gasteiger partial charge in [0.15, 0.2) is 5.65 Å². The van der Waals surface area contributed by atoms with Crippen LogP contribution in [0.1, 0.15) is 45.6 Å². The van der Waals surface area contributed by atoms with E-state index in [0.29, 0.717) is 36.4 Å². The molecular formula is C40H44N8O4S. The summed E-state index contributed by atoms with van der Waals surface area (Å²) in [5.74, 6) is 0. The van der Waals surface area contributed by atoms with Crippen molar-refractivity contribution in [2.24, 2.45) is 7.05 Å². The van der Waals surface area contributed by atoms with E-state index in [4.69, 9.17) is 9.72 Å². The normalized spacial score (nSPS) is 18.2. The van der Waals surface area contributed by atoms with Crippen LogP contribution in [0.2, 0.25) is 0 Å². The minimum Gasteiger partial charge on any atom is -0.444 e. The number of nitrogens with zero attached hydrogens (tertiary/aromatic N) is 8. The standard InChI is InChI=1S/C40H44N8O4S/c1-38(2,3)52-37(49)46-26-40(27-46,16-19-41)47-20-17-39(18-21-47)25-44(4)31-23-42-36-33(34(31)39)32(28-12-8-6-9-13-28)35(29-22-43-45(5)24-29)48(36)53(50,51)30-14-10-7-11-15-30/h6-15,22-24H,16-18,20-21,25-27H2,1-5H3. The van der Waals surface area contributed by atoms with Gasteiger partial charge in [-0.05, 0) is 70.0 Å². The van der Waals surface area contributed by atoms with E-state index in [1.807, 2.05) is 70.5 Å². The van der Waals surface area contributed by atoms with E-state index in [1.165, 1.54) is 3.97 Å². The van der Waals surface area contributed by atoms with Gasteiger partial charge in [-0.1, -0.05) is 48.5 Å². The van der Waals surface area contributed by atoms with Gasteiger partial charge in [-0.25, -0.2) is 22.2 Å². The molecule has 1 amide bonds. The predicted molar refractivity (Wildman–Crippen MR) is 203 cm³/mol. The van der Waals surface area contributed by atoms with Crippen LogP contribution in [0, 0.1) is 11.3 Å². The number of amides is 1. The molecule has 13 heteroatoms. The Hall–Kier alpha value is -5.19. The summed E-state index contributed by atoms with van der Waals surface area (Å²) < 4.78 is 38.4. The maximum atomic E-state index is 14.8. The topological polar surface area (TPSA) is 130 Å². The first-order valence-corrected chi connectivity index (χ1v) is 19.5. The number of anilines is 1. The highest BCUT2D eigenvalue weighted by Crippen LogP contribution is 2.54. The third kappa shape index (κ3) is 5.66. The van der Waals surface area contributed by atoms with E-state index < -0.39 is 21.2 Å². The molecule has 0 N–H and O–H groups in total. The van der Waals surface area contributed by atoms with E-state index >= 15 is 0 Å². The summed E-state index contributed by atoms with van der Waals surface area (Å²) in [4.78, 5) is 24.4. The molecule has 0 aliphatic carbocycles. The maximum Gasteiger partial charge on any atom is 0.410 e. The van der Waals surface area contributed by atoms with E-state index in [0.717, 1.165) is 60.2 Å². The van der Waals surface area contributed by atoms with Gasteiger partial charge >= 0.3 is 6.09 Å². The largest absolute Gasteiger partial charge is 0.444 e. The van der Waals surface area contributed by atoms with Crippen molar-refractivity contribution in [3.8, 4) is 28.5 Å². The molecule has 6 heterocycles. The van der Waals surface area contributed by atoms with Crippen LogP contribution in [0.15, 0.2) is 84.1 Å². The van der Waals surface area contributed by atoms with Gasteiger partial charge in [0.05, 0.1) is 46.7 Å². The molecule has 3 aromatic heterocycles. The molecule has 2 fully saturated rings. The van der Waals surface area contributed by atoms with Crippen molar-refractivity contribution in [1.29, 1.82) is 5.26 Å². The average Bonchev–Trinajstić information content (AvgIpc) is 3.78. The molecule has 1 spiro atoms. The monoisotopic (exact) mass is 732 g/mol. The molecule has 0 atom stereocenters. The van der Waals surface area contributed by atoms with Crippen molar-refractivity contribution >= 4 is 32.8 Å². The Labute approximate surface area is 310 Å². The third-order valence-corrected chi connectivity index (χ3v) is 12.9. The molecule has 0 bridgehead atoms. The van der Waals surface area contributed by atoms with Gasteiger partial charge in [-0.3, -0.25) is 9.58 Å². The van der Waals surface area contributed by atoms with Crippen LogP contribution in [0.5, 0.6) is 0 Å². The zero-order chi connectivity index (χ0) is 37.3. The number of fused-ring (bicyclic) bond motifs is 4. The molecule has 3 aliphatic heterocycles. The molecule has 0 radical (unpaired) electrons. The number of hydrogen-bond donors (Lipinski definition) is 0. The summed E-state index contributed by atoms with van der Waals surface area (Å²) in [7, 11) is -0.221. The van der Waals surface area contributed by atoms with Gasteiger partial charge in [0.25, 0.3) is 10.0 Å². The molecule has 2 saturated heterocycles. The van der Waals surface area contributed by atoms with Crippen LogP contribution < -0.4 is 4.90 Å². The van der Waals surface area contributed by atoms with Crippen LogP contribution in [-0.4, -0.2) is 94.0 Å². The lowest BCUT2D eigenvalue weighted by atomic mass is 9.71. The zero-order valence-electron chi connectivity index (χ0n) is 30.8. The number of hydrogen-bond acceptors (Lipinski definition) is 9. The Morgan fingerprint density at radius 3 is 2.21 bits per heavy atom. The highest BCUT2D eigenvalue weighted by atomic mass is 32.2. The lowest BCUT2D eigenvalue weighted by Crippen LogP contribution is -2.72. The maximum absolute atomic E-state index is 14.8. The number of rotatable bonds is 6. The van der Waals surface area contributed by atoms with Crippen LogP contribution in [0.4, 0.5) is 10.5 Å². The Bertz CT molecular complexity index is 2360. The summed E-state index contributed by atoms with van der Waals surface area (Å²) in [6, 6.07) is 20.9. The van der Waals surface area contributed by atoms with Gasteiger partial charge in [0, 0.05) is 61.9 Å². The fourth-order valence-electron chi connectivity index (χ4n) is 8.78. The Morgan fingerprint density at radius 2 is 1.60 bits per heavy atom. The zero-order valence-corrected chi connectivity index (χ0v) is 31.6. The number of ether oxygens (including phenoxy) is 1. The first-order valence-electron chi connectivity index (χ1n) is 18.0. The Balaban J connectivity index is 1.28. The summed E-state index contributed by atoms with van der Waals surface area (Å²) in [6.45, 7) is 8.65. The molecule has 12 nitrogen and oxygen atoms in total. The summed E-state index contributed by atoms with van der Waals surface area (Å²) in [5.41, 5.74) is 4.02. The number of carbonyl (C=O) groups excluding carboxylic acids is 1. The van der Waals surface area contributed by atoms with Crippen LogP contribution >= 0.6 is 0 Å². The molecule has 0 unspecified atom stereocenters. The van der Waals surface area contributed by atoms with Crippen molar-refractivity contribution in [1.82, 2.24) is 28.5 Å². The highest BCUT2D eigenvalue weighted by molar-refractivity contribution is 7.90. The van der Waals surface area contributed by atoms with Crippen molar-refractivity contribution in [2.45, 2.75) is 61.5 Å². The summed E-state index contributed by atoms with van der Waals surface area (Å²) in [5, 5.41) is 15.2. The summed E-state index contributed by atoms with van der Waals surface area (Å²) in [6.07, 6.45) is 6.94. The minimum atomic E-state index is -4.13. The number of likely N-dealkylation sites (N-methyl/N-ethyl adjacent to an activating group) is 1. The van der Waals surface area contributed by atoms with Crippen LogP contribution in [-0.2, 0) is 27.2 Å². The second-order valence-electron chi connectivity index (χ2n) is 15.8. The molecular weight excluding hydrogens is 689 g/mol. The number of aromatic nitrogens is 4. The predicted octanol–water partition coefficient (Wildman–Crippen LogP) is 6.03. The number of benzene rings is 2. The number of nitriles is 1. The quantitative estimate of drug-likeness (QED) is 0.206. The summed E-state index contributed by atoms with van der Waals surface area (Å²) >= 11 is 0. The number of likely N-dealkylation sites (tertiary alicyclic amines) is 2. The van der Waals surface area contributed by atoms with Gasteiger partial charge in [-0.15, -0.1) is 0 Å². The second kappa shape index (κ2) is 12.5. The van der Waals surface area contributed by atoms with Gasteiger partial charge < -0.3 is 14.5 Å². The second-order valence-corrected chi connectivity index (χ2v) is 17.6. The third-order valence-electron chi connectivity index (χ3n) is 11.1. The van der Waals surface area contributed by atoms with Crippen molar-refractivity contribution in [2.75, 3.05) is 44.7 Å². The lowest BCUT2D eigenvalue weighted by Gasteiger charge is -2.57. The van der Waals surface area contributed by atoms with Gasteiger partial charge in [0.1, 0.15) is 5.60 Å². The van der Waals surface area contributed by atoms with E-state index in [2.05, 4.69) is 28.0 Å². The average molecular weight is 733 g/mol. The molecule has 5 aromatic rings. The molecule has 2 aromatic carbocycles.